The van der Waals surface area contributed by atoms with Crippen LogP contribution >= 0.6 is 12.2 Å². The van der Waals surface area contributed by atoms with Crippen LogP contribution in [0.15, 0.2) is 29.3 Å². The Bertz CT molecular complexity index is 805. The molecule has 0 aliphatic carbocycles. The van der Waals surface area contributed by atoms with E-state index >= 15 is 0 Å². The quantitative estimate of drug-likeness (QED) is 0.703. The van der Waals surface area contributed by atoms with Gasteiger partial charge in [0, 0.05) is 31.5 Å². The van der Waals surface area contributed by atoms with Gasteiger partial charge in [0.2, 0.25) is 0 Å². The Balaban J connectivity index is 1.71. The van der Waals surface area contributed by atoms with Crippen LogP contribution in [0.2, 0.25) is 0 Å². The van der Waals surface area contributed by atoms with Crippen LogP contribution in [0.25, 0.3) is 0 Å². The van der Waals surface area contributed by atoms with Gasteiger partial charge in [-0.1, -0.05) is 24.4 Å². The molecule has 2 aliphatic heterocycles. The zero-order chi connectivity index (χ0) is 20.7. The number of nitrogens with zero attached hydrogens (tertiary/aromatic N) is 2. The minimum Gasteiger partial charge on any atom is -0.444 e. The van der Waals surface area contributed by atoms with E-state index in [1.807, 2.05) is 20.8 Å². The number of hydrogen-bond donors (Lipinski definition) is 1. The van der Waals surface area contributed by atoms with Crippen LogP contribution in [-0.2, 0) is 10.9 Å². The lowest BCUT2D eigenvalue weighted by Crippen LogP contribution is -2.52. The SMILES string of the molecule is CC(C)(C)OC(=O)N1CCC2(CC1)N=C(c1ccc(C(F)(F)F)cc1)C(=S)N2. The molecule has 152 valence electrons. The molecule has 2 heterocycles. The molecule has 1 spiro atoms. The summed E-state index contributed by atoms with van der Waals surface area (Å²) in [6, 6.07) is 4.81. The number of carbonyl (C=O) groups excluding carboxylic acids is 1. The van der Waals surface area contributed by atoms with Crippen LogP contribution in [0.1, 0.15) is 44.7 Å². The molecule has 9 heteroatoms. The number of aliphatic imine (C=N–C) groups is 1. The molecule has 1 aromatic rings. The van der Waals surface area contributed by atoms with Gasteiger partial charge in [0.15, 0.2) is 0 Å². The second-order valence-electron chi connectivity index (χ2n) is 7.99. The molecule has 0 unspecified atom stereocenters. The Morgan fingerprint density at radius 1 is 1.18 bits per heavy atom. The minimum atomic E-state index is -4.38. The lowest BCUT2D eigenvalue weighted by Gasteiger charge is -2.38. The summed E-state index contributed by atoms with van der Waals surface area (Å²) in [5, 5.41) is 3.20. The third-order valence-electron chi connectivity index (χ3n) is 4.62. The van der Waals surface area contributed by atoms with Crippen molar-refractivity contribution in [2.45, 2.75) is 51.1 Å². The Labute approximate surface area is 166 Å². The number of rotatable bonds is 1. The number of halogens is 3. The average molecular weight is 413 g/mol. The van der Waals surface area contributed by atoms with Crippen molar-refractivity contribution in [2.75, 3.05) is 13.1 Å². The molecule has 0 aromatic heterocycles. The lowest BCUT2D eigenvalue weighted by molar-refractivity contribution is -0.137. The molecule has 3 rings (SSSR count). The number of alkyl halides is 3. The van der Waals surface area contributed by atoms with Gasteiger partial charge in [-0.25, -0.2) is 4.79 Å². The number of piperidine rings is 1. The highest BCUT2D eigenvalue weighted by Crippen LogP contribution is 2.32. The van der Waals surface area contributed by atoms with E-state index in [1.165, 1.54) is 12.1 Å². The summed E-state index contributed by atoms with van der Waals surface area (Å²) in [7, 11) is 0. The van der Waals surface area contributed by atoms with Gasteiger partial charge in [-0.05, 0) is 32.9 Å². The molecule has 0 bridgehead atoms. The van der Waals surface area contributed by atoms with E-state index in [0.717, 1.165) is 12.1 Å². The number of carbonyl (C=O) groups is 1. The molecular formula is C19H22F3N3O2S. The first-order chi connectivity index (χ1) is 12.9. The Kier molecular flexibility index (Phi) is 5.16. The van der Waals surface area contributed by atoms with Gasteiger partial charge in [0.1, 0.15) is 22.0 Å². The van der Waals surface area contributed by atoms with E-state index in [1.54, 1.807) is 4.90 Å². The minimum absolute atomic E-state index is 0.366. The van der Waals surface area contributed by atoms with E-state index in [-0.39, 0.29) is 6.09 Å². The molecule has 0 saturated carbocycles. The highest BCUT2D eigenvalue weighted by Gasteiger charge is 2.42. The van der Waals surface area contributed by atoms with Crippen molar-refractivity contribution in [1.82, 2.24) is 10.2 Å². The first kappa shape index (κ1) is 20.6. The normalized spacial score (nSPS) is 19.4. The number of nitrogens with one attached hydrogen (secondary N) is 1. The Morgan fingerprint density at radius 3 is 2.25 bits per heavy atom. The monoisotopic (exact) mass is 413 g/mol. The van der Waals surface area contributed by atoms with Crippen LogP contribution < -0.4 is 5.32 Å². The number of hydrogen-bond acceptors (Lipinski definition) is 4. The van der Waals surface area contributed by atoms with Gasteiger partial charge in [0.05, 0.1) is 5.56 Å². The third kappa shape index (κ3) is 4.45. The number of likely N-dealkylation sites (tertiary alicyclic amines) is 1. The zero-order valence-corrected chi connectivity index (χ0v) is 16.7. The molecule has 1 amide bonds. The van der Waals surface area contributed by atoms with Gasteiger partial charge >= 0.3 is 12.3 Å². The van der Waals surface area contributed by atoms with Gasteiger partial charge in [-0.3, -0.25) is 4.99 Å². The maximum Gasteiger partial charge on any atom is 0.416 e. The standard InChI is InChI=1S/C19H22F3N3O2S/c1-17(2,3)27-16(26)25-10-8-18(9-11-25)23-14(15(28)24-18)12-4-6-13(7-5-12)19(20,21)22/h4-7H,8-11H2,1-3H3,(H,24,28). The first-order valence-electron chi connectivity index (χ1n) is 8.97. The molecule has 1 saturated heterocycles. The summed E-state index contributed by atoms with van der Waals surface area (Å²) in [6.45, 7) is 6.35. The van der Waals surface area contributed by atoms with Crippen molar-refractivity contribution in [3.8, 4) is 0 Å². The molecule has 1 aromatic carbocycles. The van der Waals surface area contributed by atoms with Gasteiger partial charge in [0.25, 0.3) is 0 Å². The smallest absolute Gasteiger partial charge is 0.416 e. The highest BCUT2D eigenvalue weighted by molar-refractivity contribution is 7.82. The fraction of sp³-hybridized carbons (Fsp3) is 0.526. The van der Waals surface area contributed by atoms with Crippen LogP contribution in [0, 0.1) is 0 Å². The van der Waals surface area contributed by atoms with Gasteiger partial charge < -0.3 is 15.0 Å². The third-order valence-corrected chi connectivity index (χ3v) is 4.91. The molecule has 28 heavy (non-hydrogen) atoms. The summed E-state index contributed by atoms with van der Waals surface area (Å²) in [6.07, 6.45) is -3.67. The average Bonchev–Trinajstić information content (AvgIpc) is 2.89. The predicted molar refractivity (Wildman–Crippen MR) is 103 cm³/mol. The second-order valence-corrected chi connectivity index (χ2v) is 8.40. The number of benzene rings is 1. The molecule has 5 nitrogen and oxygen atoms in total. The second kappa shape index (κ2) is 7.02. The van der Waals surface area contributed by atoms with Crippen molar-refractivity contribution in [2.24, 2.45) is 4.99 Å². The molecule has 2 aliphatic rings. The topological polar surface area (TPSA) is 53.9 Å². The van der Waals surface area contributed by atoms with Crippen LogP contribution in [-0.4, -0.2) is 46.0 Å². The van der Waals surface area contributed by atoms with Crippen molar-refractivity contribution < 1.29 is 22.7 Å². The molecule has 1 N–H and O–H groups in total. The summed E-state index contributed by atoms with van der Waals surface area (Å²) in [4.78, 5) is 18.9. The molecule has 1 fully saturated rings. The molecule has 0 radical (unpaired) electrons. The van der Waals surface area contributed by atoms with Crippen molar-refractivity contribution in [1.29, 1.82) is 0 Å². The van der Waals surface area contributed by atoms with E-state index in [2.05, 4.69) is 5.32 Å². The first-order valence-corrected chi connectivity index (χ1v) is 9.37. The van der Waals surface area contributed by atoms with Crippen molar-refractivity contribution in [3.63, 3.8) is 0 Å². The number of amides is 1. The van der Waals surface area contributed by atoms with Crippen LogP contribution in [0.4, 0.5) is 18.0 Å². The fourth-order valence-electron chi connectivity index (χ4n) is 3.20. The highest BCUT2D eigenvalue weighted by atomic mass is 32.1. The van der Waals surface area contributed by atoms with Gasteiger partial charge in [-0.15, -0.1) is 0 Å². The van der Waals surface area contributed by atoms with E-state index in [4.69, 9.17) is 21.9 Å². The molecule has 0 atom stereocenters. The maximum absolute atomic E-state index is 12.8. The summed E-state index contributed by atoms with van der Waals surface area (Å²) < 4.78 is 43.7. The largest absolute Gasteiger partial charge is 0.444 e. The Hall–Kier alpha value is -2.16. The summed E-state index contributed by atoms with van der Waals surface area (Å²) in [5.74, 6) is 0. The fourth-order valence-corrected chi connectivity index (χ4v) is 3.55. The predicted octanol–water partition coefficient (Wildman–Crippen LogP) is 4.15. The van der Waals surface area contributed by atoms with E-state index in [9.17, 15) is 18.0 Å². The summed E-state index contributed by atoms with van der Waals surface area (Å²) >= 11 is 5.37. The maximum atomic E-state index is 12.8. The Morgan fingerprint density at radius 2 is 1.75 bits per heavy atom. The summed E-state index contributed by atoms with van der Waals surface area (Å²) in [5.41, 5.74) is -0.888. The van der Waals surface area contributed by atoms with E-state index < -0.39 is 23.0 Å². The van der Waals surface area contributed by atoms with Crippen LogP contribution in [0.5, 0.6) is 0 Å². The zero-order valence-electron chi connectivity index (χ0n) is 15.9. The number of thiocarbonyl (C=S) groups is 1. The van der Waals surface area contributed by atoms with Gasteiger partial charge in [-0.2, -0.15) is 13.2 Å². The van der Waals surface area contributed by atoms with E-state index in [0.29, 0.717) is 42.2 Å². The molecular weight excluding hydrogens is 391 g/mol. The number of ether oxygens (including phenoxy) is 1. The van der Waals surface area contributed by atoms with Crippen LogP contribution in [0.3, 0.4) is 0 Å². The van der Waals surface area contributed by atoms with Crippen molar-refractivity contribution in [3.05, 3.63) is 35.4 Å². The lowest BCUT2D eigenvalue weighted by atomic mass is 9.98. The van der Waals surface area contributed by atoms with Crippen molar-refractivity contribution >= 4 is 29.0 Å².